The minimum atomic E-state index is 0.174. The monoisotopic (exact) mass is 203 g/mol. The molecule has 0 unspecified atom stereocenters. The van der Waals surface area contributed by atoms with Gasteiger partial charge < -0.3 is 4.90 Å². The van der Waals surface area contributed by atoms with E-state index < -0.39 is 0 Å². The predicted molar refractivity (Wildman–Crippen MR) is 60.9 cm³/mol. The van der Waals surface area contributed by atoms with E-state index in [-0.39, 0.29) is 5.91 Å². The lowest BCUT2D eigenvalue weighted by molar-refractivity contribution is -0.127. The molecule has 0 spiro atoms. The fourth-order valence-electron chi connectivity index (χ4n) is 2.07. The van der Waals surface area contributed by atoms with Gasteiger partial charge in [-0.2, -0.15) is 0 Å². The molecule has 2 heteroatoms. The summed E-state index contributed by atoms with van der Waals surface area (Å²) in [6.07, 6.45) is 4.18. The molecule has 0 heterocycles. The molecule has 2 rings (SSSR count). The fourth-order valence-corrected chi connectivity index (χ4v) is 2.07. The van der Waals surface area contributed by atoms with Crippen molar-refractivity contribution in [3.05, 3.63) is 34.9 Å². The van der Waals surface area contributed by atoms with Crippen LogP contribution in [-0.2, 0) is 24.1 Å². The van der Waals surface area contributed by atoms with E-state index in [1.807, 2.05) is 0 Å². The third-order valence-electron chi connectivity index (χ3n) is 3.02. The highest BCUT2D eigenvalue weighted by Gasteiger charge is 2.12. The molecular weight excluding hydrogens is 186 g/mol. The van der Waals surface area contributed by atoms with Gasteiger partial charge in [0.1, 0.15) is 0 Å². The average molecular weight is 203 g/mol. The van der Waals surface area contributed by atoms with E-state index in [2.05, 4.69) is 18.2 Å². The van der Waals surface area contributed by atoms with Crippen molar-refractivity contribution in [2.45, 2.75) is 25.7 Å². The Labute approximate surface area is 90.9 Å². The van der Waals surface area contributed by atoms with Gasteiger partial charge in [0.2, 0.25) is 5.91 Å². The lowest BCUT2D eigenvalue weighted by Gasteiger charge is -2.10. The highest BCUT2D eigenvalue weighted by Crippen LogP contribution is 2.23. The maximum absolute atomic E-state index is 11.5. The van der Waals surface area contributed by atoms with Gasteiger partial charge in [-0.25, -0.2) is 0 Å². The van der Waals surface area contributed by atoms with Crippen LogP contribution in [0.25, 0.3) is 0 Å². The second-order valence-corrected chi connectivity index (χ2v) is 4.42. The number of hydrogen-bond donors (Lipinski definition) is 0. The molecule has 0 saturated carbocycles. The molecule has 0 aliphatic heterocycles. The highest BCUT2D eigenvalue weighted by molar-refractivity contribution is 5.78. The first-order valence-corrected chi connectivity index (χ1v) is 5.47. The molecule has 0 N–H and O–H groups in total. The van der Waals surface area contributed by atoms with Crippen molar-refractivity contribution in [2.75, 3.05) is 14.1 Å². The maximum Gasteiger partial charge on any atom is 0.226 e. The highest BCUT2D eigenvalue weighted by atomic mass is 16.2. The third-order valence-corrected chi connectivity index (χ3v) is 3.02. The zero-order valence-electron chi connectivity index (χ0n) is 9.42. The van der Waals surface area contributed by atoms with Crippen LogP contribution in [0.2, 0.25) is 0 Å². The molecule has 0 radical (unpaired) electrons. The molecule has 1 aliphatic carbocycles. The molecule has 0 atom stereocenters. The first kappa shape index (κ1) is 10.2. The van der Waals surface area contributed by atoms with Crippen molar-refractivity contribution >= 4 is 5.91 Å². The molecular formula is C13H17NO. The van der Waals surface area contributed by atoms with Crippen molar-refractivity contribution in [2.24, 2.45) is 0 Å². The number of aryl methyl sites for hydroxylation is 2. The number of carbonyl (C=O) groups excluding carboxylic acids is 1. The van der Waals surface area contributed by atoms with Gasteiger partial charge in [0.15, 0.2) is 0 Å². The smallest absolute Gasteiger partial charge is 0.226 e. The van der Waals surface area contributed by atoms with Crippen LogP contribution in [-0.4, -0.2) is 24.9 Å². The quantitative estimate of drug-likeness (QED) is 0.718. The molecule has 0 aromatic heterocycles. The Morgan fingerprint density at radius 2 is 2.00 bits per heavy atom. The Bertz CT molecular complexity index is 382. The summed E-state index contributed by atoms with van der Waals surface area (Å²) >= 11 is 0. The summed E-state index contributed by atoms with van der Waals surface area (Å²) in [5.74, 6) is 0.174. The molecule has 1 aromatic carbocycles. The third kappa shape index (κ3) is 2.20. The summed E-state index contributed by atoms with van der Waals surface area (Å²) < 4.78 is 0. The summed E-state index contributed by atoms with van der Waals surface area (Å²) in [5.41, 5.74) is 4.06. The van der Waals surface area contributed by atoms with Crippen LogP contribution in [0.15, 0.2) is 18.2 Å². The van der Waals surface area contributed by atoms with Crippen LogP contribution >= 0.6 is 0 Å². The van der Waals surface area contributed by atoms with Crippen molar-refractivity contribution in [3.8, 4) is 0 Å². The summed E-state index contributed by atoms with van der Waals surface area (Å²) in [4.78, 5) is 13.2. The normalized spacial score (nSPS) is 13.7. The van der Waals surface area contributed by atoms with Crippen LogP contribution in [0.5, 0.6) is 0 Å². The second kappa shape index (κ2) is 4.05. The van der Waals surface area contributed by atoms with Crippen LogP contribution in [0.3, 0.4) is 0 Å². The standard InChI is InChI=1S/C13H17NO/c1-14(2)13(15)9-10-6-7-11-4-3-5-12(11)8-10/h6-8H,3-5,9H2,1-2H3. The zero-order chi connectivity index (χ0) is 10.8. The molecule has 80 valence electrons. The molecule has 15 heavy (non-hydrogen) atoms. The van der Waals surface area contributed by atoms with Crippen molar-refractivity contribution in [1.82, 2.24) is 4.90 Å². The minimum Gasteiger partial charge on any atom is -0.349 e. The van der Waals surface area contributed by atoms with Crippen LogP contribution in [0.4, 0.5) is 0 Å². The molecule has 1 aliphatic rings. The Morgan fingerprint density at radius 1 is 1.27 bits per heavy atom. The number of fused-ring (bicyclic) bond motifs is 1. The van der Waals surface area contributed by atoms with E-state index in [4.69, 9.17) is 0 Å². The second-order valence-electron chi connectivity index (χ2n) is 4.42. The first-order chi connectivity index (χ1) is 7.16. The number of rotatable bonds is 2. The number of benzene rings is 1. The SMILES string of the molecule is CN(C)C(=O)Cc1ccc2c(c1)CCC2. The summed E-state index contributed by atoms with van der Waals surface area (Å²) in [6.45, 7) is 0. The Balaban J connectivity index is 2.13. The van der Waals surface area contributed by atoms with Gasteiger partial charge in [0.25, 0.3) is 0 Å². The molecule has 0 fully saturated rings. The van der Waals surface area contributed by atoms with E-state index in [0.717, 1.165) is 5.56 Å². The van der Waals surface area contributed by atoms with E-state index in [0.29, 0.717) is 6.42 Å². The zero-order valence-corrected chi connectivity index (χ0v) is 9.42. The Hall–Kier alpha value is -1.31. The van der Waals surface area contributed by atoms with E-state index in [1.54, 1.807) is 19.0 Å². The predicted octanol–water partition coefficient (Wildman–Crippen LogP) is 1.81. The van der Waals surface area contributed by atoms with Gasteiger partial charge >= 0.3 is 0 Å². The summed E-state index contributed by atoms with van der Waals surface area (Å²) in [5, 5.41) is 0. The van der Waals surface area contributed by atoms with Crippen molar-refractivity contribution < 1.29 is 4.79 Å². The van der Waals surface area contributed by atoms with Crippen LogP contribution in [0, 0.1) is 0 Å². The van der Waals surface area contributed by atoms with Crippen LogP contribution < -0.4 is 0 Å². The van der Waals surface area contributed by atoms with Gasteiger partial charge in [0.05, 0.1) is 6.42 Å². The number of likely N-dealkylation sites (N-methyl/N-ethyl adjacent to an activating group) is 1. The Kier molecular flexibility index (Phi) is 2.76. The van der Waals surface area contributed by atoms with E-state index >= 15 is 0 Å². The number of hydrogen-bond acceptors (Lipinski definition) is 1. The minimum absolute atomic E-state index is 0.174. The van der Waals surface area contributed by atoms with Gasteiger partial charge in [-0.15, -0.1) is 0 Å². The van der Waals surface area contributed by atoms with Crippen molar-refractivity contribution in [3.63, 3.8) is 0 Å². The molecule has 0 bridgehead atoms. The number of amides is 1. The molecule has 1 amide bonds. The number of carbonyl (C=O) groups is 1. The van der Waals surface area contributed by atoms with Crippen molar-refractivity contribution in [1.29, 1.82) is 0 Å². The average Bonchev–Trinajstić information content (AvgIpc) is 2.64. The van der Waals surface area contributed by atoms with E-state index in [1.165, 1.54) is 30.4 Å². The summed E-state index contributed by atoms with van der Waals surface area (Å²) in [6, 6.07) is 6.47. The van der Waals surface area contributed by atoms with Gasteiger partial charge in [-0.1, -0.05) is 18.2 Å². The largest absolute Gasteiger partial charge is 0.349 e. The molecule has 2 nitrogen and oxygen atoms in total. The lowest BCUT2D eigenvalue weighted by atomic mass is 10.0. The van der Waals surface area contributed by atoms with Gasteiger partial charge in [-0.3, -0.25) is 4.79 Å². The molecule has 1 aromatic rings. The number of nitrogens with zero attached hydrogens (tertiary/aromatic N) is 1. The Morgan fingerprint density at radius 3 is 2.73 bits per heavy atom. The lowest BCUT2D eigenvalue weighted by Crippen LogP contribution is -2.23. The van der Waals surface area contributed by atoms with Gasteiger partial charge in [-0.05, 0) is 36.0 Å². The maximum atomic E-state index is 11.5. The topological polar surface area (TPSA) is 20.3 Å². The van der Waals surface area contributed by atoms with E-state index in [9.17, 15) is 4.79 Å². The summed E-state index contributed by atoms with van der Waals surface area (Å²) in [7, 11) is 3.60. The first-order valence-electron chi connectivity index (χ1n) is 5.47. The molecule has 0 saturated heterocycles. The van der Waals surface area contributed by atoms with Crippen LogP contribution in [0.1, 0.15) is 23.1 Å². The van der Waals surface area contributed by atoms with Gasteiger partial charge in [0, 0.05) is 14.1 Å². The fraction of sp³-hybridized carbons (Fsp3) is 0.462.